The van der Waals surface area contributed by atoms with E-state index in [0.717, 1.165) is 11.3 Å². The van der Waals surface area contributed by atoms with Gasteiger partial charge in [-0.05, 0) is 24.6 Å². The standard InChI is InChI=1S/C14H19N3O3/c1-10-3-2-4-11(7-10)16-13(18)9-17-6-5-15-8-12(17)14(19)20/h2-4,7,12,15H,5-6,8-9H2,1H3,(H,16,18)(H,19,20). The fourth-order valence-corrected chi connectivity index (χ4v) is 2.29. The predicted molar refractivity (Wildman–Crippen MR) is 75.7 cm³/mol. The highest BCUT2D eigenvalue weighted by Gasteiger charge is 2.29. The Morgan fingerprint density at radius 3 is 3.00 bits per heavy atom. The molecule has 6 heteroatoms. The molecule has 1 saturated heterocycles. The molecule has 0 spiro atoms. The van der Waals surface area contributed by atoms with E-state index in [1.165, 1.54) is 0 Å². The van der Waals surface area contributed by atoms with Crippen LogP contribution >= 0.6 is 0 Å². The Hall–Kier alpha value is -1.92. The molecule has 0 radical (unpaired) electrons. The molecular formula is C14H19N3O3. The average molecular weight is 277 g/mol. The summed E-state index contributed by atoms with van der Waals surface area (Å²) in [6.45, 7) is 3.66. The van der Waals surface area contributed by atoms with E-state index in [1.54, 1.807) is 4.90 Å². The van der Waals surface area contributed by atoms with Crippen LogP contribution in [0.1, 0.15) is 5.56 Å². The third-order valence-corrected chi connectivity index (χ3v) is 3.29. The van der Waals surface area contributed by atoms with Gasteiger partial charge < -0.3 is 15.7 Å². The lowest BCUT2D eigenvalue weighted by molar-refractivity contribution is -0.144. The predicted octanol–water partition coefficient (Wildman–Crippen LogP) is 0.292. The summed E-state index contributed by atoms with van der Waals surface area (Å²) in [6.07, 6.45) is 0. The van der Waals surface area contributed by atoms with Crippen LogP contribution < -0.4 is 10.6 Å². The van der Waals surface area contributed by atoms with Crippen molar-refractivity contribution in [2.75, 3.05) is 31.5 Å². The first-order valence-corrected chi connectivity index (χ1v) is 6.60. The van der Waals surface area contributed by atoms with Crippen LogP contribution in [-0.2, 0) is 9.59 Å². The maximum atomic E-state index is 12.0. The van der Waals surface area contributed by atoms with Crippen molar-refractivity contribution in [2.24, 2.45) is 0 Å². The highest BCUT2D eigenvalue weighted by atomic mass is 16.4. The third-order valence-electron chi connectivity index (χ3n) is 3.29. The van der Waals surface area contributed by atoms with Crippen LogP contribution in [0.15, 0.2) is 24.3 Å². The fourth-order valence-electron chi connectivity index (χ4n) is 2.29. The first-order chi connectivity index (χ1) is 9.56. The summed E-state index contributed by atoms with van der Waals surface area (Å²) in [5, 5.41) is 15.0. The van der Waals surface area contributed by atoms with Crippen molar-refractivity contribution in [3.63, 3.8) is 0 Å². The molecule has 108 valence electrons. The zero-order valence-electron chi connectivity index (χ0n) is 11.4. The topological polar surface area (TPSA) is 81.7 Å². The lowest BCUT2D eigenvalue weighted by atomic mass is 10.2. The van der Waals surface area contributed by atoms with Crippen molar-refractivity contribution in [1.29, 1.82) is 0 Å². The molecule has 0 saturated carbocycles. The van der Waals surface area contributed by atoms with Crippen LogP contribution in [0.5, 0.6) is 0 Å². The second kappa shape index (κ2) is 6.49. The van der Waals surface area contributed by atoms with Gasteiger partial charge in [0.15, 0.2) is 0 Å². The van der Waals surface area contributed by atoms with Crippen LogP contribution in [-0.4, -0.2) is 54.1 Å². The first kappa shape index (κ1) is 14.5. The third kappa shape index (κ3) is 3.79. The molecule has 1 heterocycles. The number of amides is 1. The van der Waals surface area contributed by atoms with Crippen molar-refractivity contribution in [2.45, 2.75) is 13.0 Å². The maximum Gasteiger partial charge on any atom is 0.322 e. The lowest BCUT2D eigenvalue weighted by Gasteiger charge is -2.32. The summed E-state index contributed by atoms with van der Waals surface area (Å²) >= 11 is 0. The second-order valence-corrected chi connectivity index (χ2v) is 4.95. The smallest absolute Gasteiger partial charge is 0.322 e. The van der Waals surface area contributed by atoms with Gasteiger partial charge in [-0.25, -0.2) is 0 Å². The minimum Gasteiger partial charge on any atom is -0.480 e. The molecule has 3 N–H and O–H groups in total. The number of aliphatic carboxylic acids is 1. The average Bonchev–Trinajstić information content (AvgIpc) is 2.38. The zero-order valence-corrected chi connectivity index (χ0v) is 11.4. The zero-order chi connectivity index (χ0) is 14.5. The monoisotopic (exact) mass is 277 g/mol. The number of benzene rings is 1. The molecule has 2 rings (SSSR count). The van der Waals surface area contributed by atoms with E-state index in [-0.39, 0.29) is 12.5 Å². The Kier molecular flexibility index (Phi) is 4.70. The number of rotatable bonds is 4. The number of carbonyl (C=O) groups is 2. The Morgan fingerprint density at radius 2 is 2.30 bits per heavy atom. The highest BCUT2D eigenvalue weighted by molar-refractivity contribution is 5.92. The number of hydrogen-bond acceptors (Lipinski definition) is 4. The summed E-state index contributed by atoms with van der Waals surface area (Å²) in [5.74, 6) is -1.09. The molecule has 1 atom stereocenters. The van der Waals surface area contributed by atoms with Crippen LogP contribution in [0.2, 0.25) is 0 Å². The van der Waals surface area contributed by atoms with E-state index in [0.29, 0.717) is 19.6 Å². The number of nitrogens with zero attached hydrogens (tertiary/aromatic N) is 1. The summed E-state index contributed by atoms with van der Waals surface area (Å²) in [7, 11) is 0. The van der Waals surface area contributed by atoms with Gasteiger partial charge in [0, 0.05) is 25.3 Å². The molecular weight excluding hydrogens is 258 g/mol. The van der Waals surface area contributed by atoms with Crippen molar-refractivity contribution < 1.29 is 14.7 Å². The highest BCUT2D eigenvalue weighted by Crippen LogP contribution is 2.10. The van der Waals surface area contributed by atoms with E-state index in [4.69, 9.17) is 5.11 Å². The number of piperazine rings is 1. The maximum absolute atomic E-state index is 12.0. The first-order valence-electron chi connectivity index (χ1n) is 6.60. The van der Waals surface area contributed by atoms with Gasteiger partial charge in [0.2, 0.25) is 5.91 Å². The van der Waals surface area contributed by atoms with Crippen molar-refractivity contribution in [3.05, 3.63) is 29.8 Å². The largest absolute Gasteiger partial charge is 0.480 e. The molecule has 1 aliphatic heterocycles. The molecule has 1 aromatic carbocycles. The van der Waals surface area contributed by atoms with Gasteiger partial charge in [-0.1, -0.05) is 12.1 Å². The minimum atomic E-state index is -0.902. The minimum absolute atomic E-state index is 0.0899. The number of nitrogens with one attached hydrogen (secondary N) is 2. The fraction of sp³-hybridized carbons (Fsp3) is 0.429. The normalized spacial score (nSPS) is 19.6. The summed E-state index contributed by atoms with van der Waals surface area (Å²) < 4.78 is 0. The number of carboxylic acids is 1. The van der Waals surface area contributed by atoms with E-state index in [1.807, 2.05) is 31.2 Å². The molecule has 0 aliphatic carbocycles. The van der Waals surface area contributed by atoms with E-state index in [9.17, 15) is 9.59 Å². The molecule has 1 unspecified atom stereocenters. The Morgan fingerprint density at radius 1 is 1.50 bits per heavy atom. The van der Waals surface area contributed by atoms with Crippen LogP contribution in [0.25, 0.3) is 0 Å². The van der Waals surface area contributed by atoms with Crippen LogP contribution in [0.4, 0.5) is 5.69 Å². The van der Waals surface area contributed by atoms with Gasteiger partial charge in [0.25, 0.3) is 0 Å². The van der Waals surface area contributed by atoms with Gasteiger partial charge in [-0.15, -0.1) is 0 Å². The van der Waals surface area contributed by atoms with Crippen molar-refractivity contribution in [3.8, 4) is 0 Å². The van der Waals surface area contributed by atoms with Gasteiger partial charge in [-0.3, -0.25) is 14.5 Å². The quantitative estimate of drug-likeness (QED) is 0.737. The van der Waals surface area contributed by atoms with Crippen molar-refractivity contribution in [1.82, 2.24) is 10.2 Å². The number of hydrogen-bond donors (Lipinski definition) is 3. The molecule has 1 aliphatic rings. The molecule has 1 fully saturated rings. The molecule has 1 amide bonds. The van der Waals surface area contributed by atoms with Gasteiger partial charge >= 0.3 is 5.97 Å². The molecule has 0 aromatic heterocycles. The van der Waals surface area contributed by atoms with E-state index in [2.05, 4.69) is 10.6 Å². The molecule has 6 nitrogen and oxygen atoms in total. The summed E-state index contributed by atoms with van der Waals surface area (Å²) in [6, 6.07) is 6.87. The van der Waals surface area contributed by atoms with Gasteiger partial charge in [0.05, 0.1) is 6.54 Å². The Labute approximate surface area is 117 Å². The van der Waals surface area contributed by atoms with E-state index >= 15 is 0 Å². The van der Waals surface area contributed by atoms with Crippen LogP contribution in [0, 0.1) is 6.92 Å². The van der Waals surface area contributed by atoms with E-state index < -0.39 is 12.0 Å². The Balaban J connectivity index is 1.94. The molecule has 1 aromatic rings. The number of carboxylic acid groups (broad SMARTS) is 1. The number of carbonyl (C=O) groups excluding carboxylic acids is 1. The summed E-state index contributed by atoms with van der Waals surface area (Å²) in [5.41, 5.74) is 1.80. The van der Waals surface area contributed by atoms with Gasteiger partial charge in [-0.2, -0.15) is 0 Å². The molecule has 0 bridgehead atoms. The number of aryl methyl sites for hydroxylation is 1. The second-order valence-electron chi connectivity index (χ2n) is 4.95. The number of anilines is 1. The SMILES string of the molecule is Cc1cccc(NC(=O)CN2CCNCC2C(=O)O)c1. The lowest BCUT2D eigenvalue weighted by Crippen LogP contribution is -2.56. The van der Waals surface area contributed by atoms with Gasteiger partial charge in [0.1, 0.15) is 6.04 Å². The molecule has 20 heavy (non-hydrogen) atoms. The van der Waals surface area contributed by atoms with Crippen LogP contribution in [0.3, 0.4) is 0 Å². The summed E-state index contributed by atoms with van der Waals surface area (Å²) in [4.78, 5) is 24.8. The Bertz CT molecular complexity index is 504. The van der Waals surface area contributed by atoms with Crippen molar-refractivity contribution >= 4 is 17.6 Å².